The summed E-state index contributed by atoms with van der Waals surface area (Å²) in [6.45, 7) is 1.78. The highest BCUT2D eigenvalue weighted by Crippen LogP contribution is 2.46. The Balaban J connectivity index is 2.02. The van der Waals surface area contributed by atoms with Gasteiger partial charge in [0.15, 0.2) is 5.96 Å². The summed E-state index contributed by atoms with van der Waals surface area (Å²) in [5, 5.41) is 20.0. The summed E-state index contributed by atoms with van der Waals surface area (Å²) in [5.74, 6) is -1.23. The number of rotatable bonds is 2. The molecular weight excluding hydrogens is 377 g/mol. The molecule has 1 fully saturated rings. The third-order valence-corrected chi connectivity index (χ3v) is 6.52. The fourth-order valence-corrected chi connectivity index (χ4v) is 4.68. The number of nitrogens with zero attached hydrogens (tertiary/aromatic N) is 2. The van der Waals surface area contributed by atoms with Gasteiger partial charge < -0.3 is 5.32 Å². The number of hydrogen-bond donors (Lipinski definition) is 2. The predicted octanol–water partition coefficient (Wildman–Crippen LogP) is 3.46. The van der Waals surface area contributed by atoms with E-state index in [4.69, 9.17) is 10.7 Å². The number of likely N-dealkylation sites (N-methyl/N-ethyl adjacent to an activating group) is 1. The van der Waals surface area contributed by atoms with E-state index >= 15 is 0 Å². The molecule has 0 bridgehead atoms. The smallest absolute Gasteiger partial charge is 0.349 e. The number of guanidine groups is 1. The van der Waals surface area contributed by atoms with Crippen molar-refractivity contribution in [2.24, 2.45) is 0 Å². The molecule has 2 heterocycles. The molecule has 1 amide bonds. The van der Waals surface area contributed by atoms with E-state index in [1.807, 2.05) is 0 Å². The van der Waals surface area contributed by atoms with Crippen molar-refractivity contribution in [1.82, 2.24) is 10.2 Å². The summed E-state index contributed by atoms with van der Waals surface area (Å²) < 4.78 is 38.6. The van der Waals surface area contributed by atoms with Crippen LogP contribution >= 0.6 is 11.8 Å². The molecule has 0 saturated carbocycles. The average molecular weight is 394 g/mol. The molecule has 1 aromatic carbocycles. The highest BCUT2D eigenvalue weighted by atomic mass is 32.2. The molecule has 2 N–H and O–H groups in total. The first-order chi connectivity index (χ1) is 12.6. The minimum atomic E-state index is -4.46. The van der Waals surface area contributed by atoms with Crippen molar-refractivity contribution in [1.29, 1.82) is 10.7 Å². The van der Waals surface area contributed by atoms with Gasteiger partial charge in [-0.3, -0.25) is 15.1 Å². The van der Waals surface area contributed by atoms with E-state index in [1.54, 1.807) is 13.0 Å². The van der Waals surface area contributed by atoms with Gasteiger partial charge in [0.2, 0.25) is 5.91 Å². The first-order valence-electron chi connectivity index (χ1n) is 8.16. The van der Waals surface area contributed by atoms with Crippen molar-refractivity contribution >= 4 is 23.6 Å². The number of carbonyl (C=O) groups excluding carboxylic acids is 1. The first-order valence-corrected chi connectivity index (χ1v) is 9.04. The molecule has 1 aromatic rings. The summed E-state index contributed by atoms with van der Waals surface area (Å²) in [6.07, 6.45) is -2.15. The average Bonchev–Trinajstić information content (AvgIpc) is 3.09. The van der Waals surface area contributed by atoms with Gasteiger partial charge >= 0.3 is 6.18 Å². The first kappa shape index (κ1) is 19.3. The van der Waals surface area contributed by atoms with Crippen LogP contribution in [0.4, 0.5) is 13.2 Å². The molecule has 0 spiro atoms. The molecule has 1 unspecified atom stereocenters. The van der Waals surface area contributed by atoms with Crippen LogP contribution in [0.3, 0.4) is 0 Å². The molecule has 5 nitrogen and oxygen atoms in total. The largest absolute Gasteiger partial charge is 0.416 e. The van der Waals surface area contributed by atoms with E-state index < -0.39 is 23.2 Å². The van der Waals surface area contributed by atoms with E-state index in [2.05, 4.69) is 11.4 Å². The predicted molar refractivity (Wildman–Crippen MR) is 95.9 cm³/mol. The molecule has 9 heteroatoms. The van der Waals surface area contributed by atoms with Crippen LogP contribution in [0.5, 0.6) is 0 Å². The second-order valence-electron chi connectivity index (χ2n) is 6.73. The molecule has 2 aliphatic rings. The number of thioether (sulfide) groups is 1. The number of nitriles is 1. The fourth-order valence-electron chi connectivity index (χ4n) is 3.49. The number of halogens is 3. The SMILES string of the molecule is CN1C(=N)N[C@](C)(C2CC=C(C#N)S2)[C@H](c2ccc(C(F)(F)F)cc2)C1=O. The van der Waals surface area contributed by atoms with Gasteiger partial charge in [0.25, 0.3) is 0 Å². The summed E-state index contributed by atoms with van der Waals surface area (Å²) in [7, 11) is 1.45. The number of amides is 1. The van der Waals surface area contributed by atoms with Crippen molar-refractivity contribution in [3.63, 3.8) is 0 Å². The van der Waals surface area contributed by atoms with Crippen LogP contribution in [-0.2, 0) is 11.0 Å². The maximum Gasteiger partial charge on any atom is 0.416 e. The molecular formula is C18H17F3N4OS. The molecule has 0 aliphatic carbocycles. The lowest BCUT2D eigenvalue weighted by molar-refractivity contribution is -0.137. The Hall–Kier alpha value is -2.47. The van der Waals surface area contributed by atoms with E-state index in [9.17, 15) is 18.0 Å². The van der Waals surface area contributed by atoms with E-state index in [0.29, 0.717) is 16.9 Å². The second-order valence-corrected chi connectivity index (χ2v) is 7.97. The van der Waals surface area contributed by atoms with E-state index in [0.717, 1.165) is 17.0 Å². The zero-order valence-electron chi connectivity index (χ0n) is 14.6. The van der Waals surface area contributed by atoms with Gasteiger partial charge in [-0.1, -0.05) is 18.2 Å². The Kier molecular flexibility index (Phi) is 4.72. The van der Waals surface area contributed by atoms with Gasteiger partial charge in [-0.15, -0.1) is 11.8 Å². The third-order valence-electron chi connectivity index (χ3n) is 5.04. The van der Waals surface area contributed by atoms with Gasteiger partial charge in [-0.25, -0.2) is 0 Å². The maximum absolute atomic E-state index is 13.0. The minimum Gasteiger partial charge on any atom is -0.349 e. The Morgan fingerprint density at radius 3 is 2.52 bits per heavy atom. The molecule has 3 atom stereocenters. The minimum absolute atomic E-state index is 0.0725. The monoisotopic (exact) mass is 394 g/mol. The molecule has 0 aromatic heterocycles. The number of nitrogens with one attached hydrogen (secondary N) is 2. The molecule has 3 rings (SSSR count). The lowest BCUT2D eigenvalue weighted by Crippen LogP contribution is -2.67. The number of allylic oxidation sites excluding steroid dienone is 2. The Morgan fingerprint density at radius 2 is 2.00 bits per heavy atom. The zero-order chi connectivity index (χ0) is 20.0. The Bertz CT molecular complexity index is 859. The molecule has 2 aliphatic heterocycles. The standard InChI is InChI=1S/C18H17F3N4OS/c1-17(13-8-7-12(9-22)27-13)14(15(26)25(2)16(23)24-17)10-3-5-11(6-4-10)18(19,20)21/h3-7,13-14H,8H2,1-2H3,(H2,23,24)/t13?,14-,17-/m1/s1. The number of benzene rings is 1. The van der Waals surface area contributed by atoms with E-state index in [1.165, 1.54) is 30.9 Å². The number of hydrogen-bond acceptors (Lipinski definition) is 4. The highest BCUT2D eigenvalue weighted by Gasteiger charge is 2.52. The number of alkyl halides is 3. The topological polar surface area (TPSA) is 80.0 Å². The highest BCUT2D eigenvalue weighted by molar-refractivity contribution is 8.04. The normalized spacial score (nSPS) is 28.6. The van der Waals surface area contributed by atoms with Gasteiger partial charge in [0.1, 0.15) is 6.07 Å². The molecule has 142 valence electrons. The molecule has 1 saturated heterocycles. The molecule has 0 radical (unpaired) electrons. The lowest BCUT2D eigenvalue weighted by Gasteiger charge is -2.48. The zero-order valence-corrected chi connectivity index (χ0v) is 15.4. The van der Waals surface area contributed by atoms with Crippen molar-refractivity contribution in [2.75, 3.05) is 7.05 Å². The fraction of sp³-hybridized carbons (Fsp3) is 0.389. The Labute approximate surface area is 158 Å². The quantitative estimate of drug-likeness (QED) is 0.805. The van der Waals surface area contributed by atoms with E-state index in [-0.39, 0.29) is 17.1 Å². The second kappa shape index (κ2) is 6.60. The van der Waals surface area contributed by atoms with Crippen LogP contribution in [0.25, 0.3) is 0 Å². The van der Waals surface area contributed by atoms with Crippen LogP contribution in [0.15, 0.2) is 35.2 Å². The lowest BCUT2D eigenvalue weighted by atomic mass is 9.74. The van der Waals surface area contributed by atoms with Crippen LogP contribution in [0.1, 0.15) is 30.4 Å². The summed E-state index contributed by atoms with van der Waals surface area (Å²) in [4.78, 5) is 14.7. The van der Waals surface area contributed by atoms with Crippen LogP contribution in [0.2, 0.25) is 0 Å². The third kappa shape index (κ3) is 3.30. The van der Waals surface area contributed by atoms with Crippen molar-refractivity contribution < 1.29 is 18.0 Å². The summed E-state index contributed by atoms with van der Waals surface area (Å²) in [6, 6.07) is 6.63. The van der Waals surface area contributed by atoms with Crippen molar-refractivity contribution in [3.05, 3.63) is 46.4 Å². The number of carbonyl (C=O) groups is 1. The van der Waals surface area contributed by atoms with Crippen LogP contribution < -0.4 is 5.32 Å². The van der Waals surface area contributed by atoms with Crippen LogP contribution in [0, 0.1) is 16.7 Å². The van der Waals surface area contributed by atoms with Gasteiger partial charge in [-0.2, -0.15) is 18.4 Å². The van der Waals surface area contributed by atoms with Gasteiger partial charge in [-0.05, 0) is 31.0 Å². The Morgan fingerprint density at radius 1 is 1.37 bits per heavy atom. The van der Waals surface area contributed by atoms with Crippen LogP contribution in [-0.4, -0.2) is 34.6 Å². The van der Waals surface area contributed by atoms with Crippen molar-refractivity contribution in [3.8, 4) is 6.07 Å². The van der Waals surface area contributed by atoms with Crippen molar-refractivity contribution in [2.45, 2.75) is 36.2 Å². The summed E-state index contributed by atoms with van der Waals surface area (Å²) in [5.41, 5.74) is -1.28. The summed E-state index contributed by atoms with van der Waals surface area (Å²) >= 11 is 1.32. The molecule has 27 heavy (non-hydrogen) atoms. The van der Waals surface area contributed by atoms with Gasteiger partial charge in [0.05, 0.1) is 21.9 Å². The maximum atomic E-state index is 13.0. The van der Waals surface area contributed by atoms with Gasteiger partial charge in [0, 0.05) is 12.3 Å².